The minimum atomic E-state index is -0.114. The van der Waals surface area contributed by atoms with Crippen molar-refractivity contribution in [3.8, 4) is 0 Å². The average Bonchev–Trinajstić information content (AvgIpc) is 3.06. The Labute approximate surface area is 178 Å². The molecule has 0 atom stereocenters. The van der Waals surface area contributed by atoms with E-state index in [0.717, 1.165) is 36.5 Å². The lowest BCUT2D eigenvalue weighted by Gasteiger charge is -2.25. The highest BCUT2D eigenvalue weighted by Gasteiger charge is 2.25. The molecule has 0 bridgehead atoms. The predicted molar refractivity (Wildman–Crippen MR) is 124 cm³/mol. The van der Waals surface area contributed by atoms with Gasteiger partial charge in [0, 0.05) is 17.7 Å². The van der Waals surface area contributed by atoms with Crippen LogP contribution in [0.2, 0.25) is 0 Å². The summed E-state index contributed by atoms with van der Waals surface area (Å²) in [4.78, 5) is 17.8. The van der Waals surface area contributed by atoms with E-state index in [9.17, 15) is 4.79 Å². The van der Waals surface area contributed by atoms with Gasteiger partial charge in [0.1, 0.15) is 0 Å². The Hall–Kier alpha value is -3.14. The molecule has 0 radical (unpaired) electrons. The fraction of sp³-hybridized carbons (Fsp3) is 0.308. The number of carbonyl (C=O) groups excluding carboxylic acids is 1. The fourth-order valence-corrected chi connectivity index (χ4v) is 4.32. The van der Waals surface area contributed by atoms with Gasteiger partial charge in [-0.15, -0.1) is 0 Å². The Balaban J connectivity index is 1.70. The first kappa shape index (κ1) is 20.1. The molecular formula is C26H29N3O. The molecule has 1 amide bonds. The normalized spacial score (nSPS) is 15.9. The average molecular weight is 400 g/mol. The zero-order valence-corrected chi connectivity index (χ0v) is 17.3. The van der Waals surface area contributed by atoms with Gasteiger partial charge in [0.25, 0.3) is 5.91 Å². The summed E-state index contributed by atoms with van der Waals surface area (Å²) in [7, 11) is 0. The molecule has 2 aromatic rings. The maximum absolute atomic E-state index is 13.1. The highest BCUT2D eigenvalue weighted by molar-refractivity contribution is 6.05. The Kier molecular flexibility index (Phi) is 6.75. The largest absolute Gasteiger partial charge is 0.380 e. The van der Waals surface area contributed by atoms with Crippen LogP contribution in [0.5, 0.6) is 0 Å². The van der Waals surface area contributed by atoms with Crippen molar-refractivity contribution in [1.82, 2.24) is 4.98 Å². The number of amides is 1. The van der Waals surface area contributed by atoms with Crippen LogP contribution in [-0.2, 0) is 0 Å². The molecule has 1 aromatic heterocycles. The highest BCUT2D eigenvalue weighted by atomic mass is 16.1. The minimum Gasteiger partial charge on any atom is -0.380 e. The number of anilines is 2. The lowest BCUT2D eigenvalue weighted by atomic mass is 9.88. The van der Waals surface area contributed by atoms with Gasteiger partial charge >= 0.3 is 0 Å². The first-order valence-corrected chi connectivity index (χ1v) is 11.0. The minimum absolute atomic E-state index is 0.114. The van der Waals surface area contributed by atoms with Crippen LogP contribution >= 0.6 is 0 Å². The SMILES string of the molecule is O=C(Nc1cnc2c(c1C1CCCCCC1)NCC=C2)c1ccccccccc1. The summed E-state index contributed by atoms with van der Waals surface area (Å²) >= 11 is 0. The molecule has 30 heavy (non-hydrogen) atoms. The van der Waals surface area contributed by atoms with Gasteiger partial charge in [-0.3, -0.25) is 9.78 Å². The van der Waals surface area contributed by atoms with E-state index in [1.165, 1.54) is 31.2 Å². The van der Waals surface area contributed by atoms with Crippen molar-refractivity contribution in [2.24, 2.45) is 0 Å². The molecule has 4 heteroatoms. The third kappa shape index (κ3) is 4.88. The summed E-state index contributed by atoms with van der Waals surface area (Å²) in [5.41, 5.74) is 4.73. The van der Waals surface area contributed by atoms with Gasteiger partial charge in [0.05, 0.1) is 23.3 Å². The van der Waals surface area contributed by atoms with Crippen molar-refractivity contribution >= 4 is 23.4 Å². The smallest absolute Gasteiger partial charge is 0.255 e. The van der Waals surface area contributed by atoms with Crippen molar-refractivity contribution < 1.29 is 4.79 Å². The van der Waals surface area contributed by atoms with E-state index in [0.29, 0.717) is 11.5 Å². The maximum atomic E-state index is 13.1. The second-order valence-corrected chi connectivity index (χ2v) is 7.91. The van der Waals surface area contributed by atoms with E-state index >= 15 is 0 Å². The number of rotatable bonds is 3. The van der Waals surface area contributed by atoms with Crippen LogP contribution in [0, 0.1) is 0 Å². The van der Waals surface area contributed by atoms with Gasteiger partial charge in [-0.2, -0.15) is 0 Å². The molecule has 1 aromatic carbocycles. The lowest BCUT2D eigenvalue weighted by molar-refractivity contribution is 0.102. The maximum Gasteiger partial charge on any atom is 0.255 e. The Morgan fingerprint density at radius 1 is 0.933 bits per heavy atom. The number of hydrogen-bond acceptors (Lipinski definition) is 3. The Morgan fingerprint density at radius 2 is 1.60 bits per heavy atom. The van der Waals surface area contributed by atoms with Gasteiger partial charge < -0.3 is 10.6 Å². The summed E-state index contributed by atoms with van der Waals surface area (Å²) in [5.74, 6) is 0.330. The molecule has 2 aliphatic rings. The Bertz CT molecular complexity index is 949. The van der Waals surface area contributed by atoms with Crippen LogP contribution in [0.4, 0.5) is 11.4 Å². The standard InChI is InChI=1S/C26H29N3O/c30-26(21-15-10-4-2-1-3-5-11-16-21)29-23-19-28-22-17-12-18-27-25(22)24(23)20-13-8-6-7-9-14-20/h1-5,10-12,15-17,19-20,27H,6-9,13-14,18H2,(H,29,30). The van der Waals surface area contributed by atoms with Crippen molar-refractivity contribution in [2.75, 3.05) is 17.2 Å². The first-order valence-electron chi connectivity index (χ1n) is 11.0. The quantitative estimate of drug-likeness (QED) is 0.593. The fourth-order valence-electron chi connectivity index (χ4n) is 4.32. The van der Waals surface area contributed by atoms with Gasteiger partial charge in [0.2, 0.25) is 0 Å². The lowest BCUT2D eigenvalue weighted by Crippen LogP contribution is -2.18. The van der Waals surface area contributed by atoms with Crippen LogP contribution in [-0.4, -0.2) is 17.4 Å². The van der Waals surface area contributed by atoms with E-state index in [1.807, 2.05) is 60.8 Å². The number of fused-ring (bicyclic) bond motifs is 1. The van der Waals surface area contributed by atoms with Gasteiger partial charge in [-0.05, 0) is 37.0 Å². The van der Waals surface area contributed by atoms with Crippen molar-refractivity contribution in [3.05, 3.63) is 83.7 Å². The third-order valence-corrected chi connectivity index (χ3v) is 5.81. The van der Waals surface area contributed by atoms with Gasteiger partial charge in [0.15, 0.2) is 0 Å². The van der Waals surface area contributed by atoms with E-state index in [-0.39, 0.29) is 5.91 Å². The molecule has 4 rings (SSSR count). The van der Waals surface area contributed by atoms with Gasteiger partial charge in [-0.25, -0.2) is 0 Å². The number of hydrogen-bond donors (Lipinski definition) is 2. The van der Waals surface area contributed by atoms with E-state index in [4.69, 9.17) is 0 Å². The second-order valence-electron chi connectivity index (χ2n) is 7.91. The molecule has 0 saturated heterocycles. The molecule has 2 heterocycles. The summed E-state index contributed by atoms with van der Waals surface area (Å²) in [6, 6.07) is 17.1. The molecule has 0 spiro atoms. The topological polar surface area (TPSA) is 54.0 Å². The second kappa shape index (κ2) is 10.1. The van der Waals surface area contributed by atoms with Crippen molar-refractivity contribution in [1.29, 1.82) is 0 Å². The summed E-state index contributed by atoms with van der Waals surface area (Å²) < 4.78 is 0. The van der Waals surface area contributed by atoms with E-state index in [1.54, 1.807) is 0 Å². The third-order valence-electron chi connectivity index (χ3n) is 5.81. The molecule has 2 N–H and O–H groups in total. The zero-order valence-electron chi connectivity index (χ0n) is 17.3. The van der Waals surface area contributed by atoms with Crippen LogP contribution in [0.1, 0.15) is 66.1 Å². The van der Waals surface area contributed by atoms with Crippen LogP contribution in [0.3, 0.4) is 0 Å². The molecular weight excluding hydrogens is 370 g/mol. The van der Waals surface area contributed by atoms with Crippen molar-refractivity contribution in [2.45, 2.75) is 44.4 Å². The number of pyridine rings is 1. The molecule has 4 nitrogen and oxygen atoms in total. The number of carbonyl (C=O) groups is 1. The molecule has 1 aliphatic heterocycles. The number of nitrogens with one attached hydrogen (secondary N) is 2. The number of nitrogens with zero attached hydrogens (tertiary/aromatic N) is 1. The Morgan fingerprint density at radius 3 is 2.30 bits per heavy atom. The van der Waals surface area contributed by atoms with E-state index < -0.39 is 0 Å². The van der Waals surface area contributed by atoms with Gasteiger partial charge in [-0.1, -0.05) is 74.2 Å². The van der Waals surface area contributed by atoms with Crippen LogP contribution in [0.25, 0.3) is 6.08 Å². The van der Waals surface area contributed by atoms with E-state index in [2.05, 4.69) is 27.8 Å². The molecule has 1 fully saturated rings. The van der Waals surface area contributed by atoms with Crippen LogP contribution in [0.15, 0.2) is 66.9 Å². The molecule has 1 aliphatic carbocycles. The van der Waals surface area contributed by atoms with Crippen molar-refractivity contribution in [3.63, 3.8) is 0 Å². The first-order chi connectivity index (χ1) is 14.8. The van der Waals surface area contributed by atoms with Crippen LogP contribution < -0.4 is 10.6 Å². The summed E-state index contributed by atoms with van der Waals surface area (Å²) in [6.07, 6.45) is 13.4. The predicted octanol–water partition coefficient (Wildman–Crippen LogP) is 6.33. The highest BCUT2D eigenvalue weighted by Crippen LogP contribution is 2.41. The summed E-state index contributed by atoms with van der Waals surface area (Å²) in [6.45, 7) is 0.796. The molecule has 0 unspecified atom stereocenters. The monoisotopic (exact) mass is 399 g/mol. The number of aromatic nitrogens is 1. The zero-order chi connectivity index (χ0) is 20.6. The summed E-state index contributed by atoms with van der Waals surface area (Å²) in [5, 5.41) is 6.69. The molecule has 154 valence electrons. The molecule has 1 saturated carbocycles.